The summed E-state index contributed by atoms with van der Waals surface area (Å²) in [6.45, 7) is 3.68. The van der Waals surface area contributed by atoms with Crippen molar-refractivity contribution in [3.8, 4) is 0 Å². The third-order valence-electron chi connectivity index (χ3n) is 3.81. The molecular formula is C18H20BrClN2O3S. The molecule has 0 saturated carbocycles. The zero-order chi connectivity index (χ0) is 19.5. The number of hydrogen-bond donors (Lipinski definition) is 1. The van der Waals surface area contributed by atoms with Gasteiger partial charge in [-0.15, -0.1) is 0 Å². The zero-order valence-corrected chi connectivity index (χ0v) is 17.8. The molecule has 2 aromatic rings. The first kappa shape index (κ1) is 20.7. The number of benzene rings is 2. The molecular weight excluding hydrogens is 440 g/mol. The maximum atomic E-state index is 12.8. The molecule has 1 N–H and O–H groups in total. The lowest BCUT2D eigenvalue weighted by molar-refractivity contribution is -0.117. The Morgan fingerprint density at radius 2 is 1.85 bits per heavy atom. The normalized spacial score (nSPS) is 12.5. The van der Waals surface area contributed by atoms with Crippen molar-refractivity contribution >= 4 is 54.8 Å². The summed E-state index contributed by atoms with van der Waals surface area (Å²) in [6, 6.07) is 11.2. The average Bonchev–Trinajstić information content (AvgIpc) is 2.56. The fraction of sp³-hybridized carbons (Fsp3) is 0.278. The van der Waals surface area contributed by atoms with Gasteiger partial charge in [-0.2, -0.15) is 0 Å². The highest BCUT2D eigenvalue weighted by Gasteiger charge is 2.31. The molecule has 1 atom stereocenters. The Bertz CT molecular complexity index is 901. The van der Waals surface area contributed by atoms with Gasteiger partial charge in [-0.1, -0.05) is 36.2 Å². The van der Waals surface area contributed by atoms with E-state index in [2.05, 4.69) is 21.2 Å². The maximum absolute atomic E-state index is 12.8. The molecule has 0 unspecified atom stereocenters. The second-order valence-electron chi connectivity index (χ2n) is 5.94. The Balaban J connectivity index is 2.36. The minimum atomic E-state index is -3.66. The molecule has 0 radical (unpaired) electrons. The standard InChI is InChI=1S/C18H20BrClN2O3S/c1-4-17(18(23)21-13-7-10-15(19)16(20)11-13)22(26(3,24)25)14-8-5-12(2)6-9-14/h5-11,17H,4H2,1-3H3,(H,21,23)/t17-/m1/s1. The van der Waals surface area contributed by atoms with Crippen molar-refractivity contribution in [2.24, 2.45) is 0 Å². The third kappa shape index (κ3) is 4.99. The van der Waals surface area contributed by atoms with E-state index in [4.69, 9.17) is 11.6 Å². The van der Waals surface area contributed by atoms with E-state index in [-0.39, 0.29) is 0 Å². The van der Waals surface area contributed by atoms with Crippen molar-refractivity contribution in [3.05, 3.63) is 57.5 Å². The molecule has 0 fully saturated rings. The summed E-state index contributed by atoms with van der Waals surface area (Å²) in [6.07, 6.45) is 1.41. The second-order valence-corrected chi connectivity index (χ2v) is 9.06. The van der Waals surface area contributed by atoms with Crippen molar-refractivity contribution in [3.63, 3.8) is 0 Å². The van der Waals surface area contributed by atoms with Crippen LogP contribution in [0.2, 0.25) is 5.02 Å². The van der Waals surface area contributed by atoms with E-state index in [0.29, 0.717) is 27.3 Å². The van der Waals surface area contributed by atoms with Crippen LogP contribution in [-0.2, 0) is 14.8 Å². The van der Waals surface area contributed by atoms with E-state index >= 15 is 0 Å². The lowest BCUT2D eigenvalue weighted by Crippen LogP contribution is -2.47. The van der Waals surface area contributed by atoms with Gasteiger partial charge >= 0.3 is 0 Å². The van der Waals surface area contributed by atoms with E-state index in [0.717, 1.165) is 16.1 Å². The highest BCUT2D eigenvalue weighted by atomic mass is 79.9. The molecule has 26 heavy (non-hydrogen) atoms. The Kier molecular flexibility index (Phi) is 6.71. The van der Waals surface area contributed by atoms with Gasteiger partial charge < -0.3 is 5.32 Å². The first-order valence-corrected chi connectivity index (χ1v) is 11.0. The topological polar surface area (TPSA) is 66.5 Å². The van der Waals surface area contributed by atoms with Gasteiger partial charge in [0.15, 0.2) is 0 Å². The molecule has 2 aromatic carbocycles. The van der Waals surface area contributed by atoms with Crippen LogP contribution in [0.1, 0.15) is 18.9 Å². The van der Waals surface area contributed by atoms with Gasteiger partial charge in [0, 0.05) is 10.2 Å². The molecule has 8 heteroatoms. The molecule has 0 saturated heterocycles. The SMILES string of the molecule is CC[C@H](C(=O)Nc1ccc(Br)c(Cl)c1)N(c1ccc(C)cc1)S(C)(=O)=O. The number of halogens is 2. The van der Waals surface area contributed by atoms with Crippen LogP contribution in [-0.4, -0.2) is 26.6 Å². The van der Waals surface area contributed by atoms with Gasteiger partial charge in [-0.05, 0) is 59.6 Å². The van der Waals surface area contributed by atoms with Crippen LogP contribution in [0, 0.1) is 6.92 Å². The molecule has 0 heterocycles. The Morgan fingerprint density at radius 3 is 2.35 bits per heavy atom. The number of anilines is 2. The molecule has 0 bridgehead atoms. The number of carbonyl (C=O) groups excluding carboxylic acids is 1. The van der Waals surface area contributed by atoms with Crippen LogP contribution >= 0.6 is 27.5 Å². The number of sulfonamides is 1. The predicted octanol–water partition coefficient (Wildman–Crippen LogP) is 4.59. The Morgan fingerprint density at radius 1 is 1.23 bits per heavy atom. The van der Waals surface area contributed by atoms with Crippen molar-refractivity contribution < 1.29 is 13.2 Å². The van der Waals surface area contributed by atoms with Crippen LogP contribution in [0.5, 0.6) is 0 Å². The largest absolute Gasteiger partial charge is 0.324 e. The molecule has 0 spiro atoms. The van der Waals surface area contributed by atoms with E-state index in [1.807, 2.05) is 19.1 Å². The summed E-state index contributed by atoms with van der Waals surface area (Å²) >= 11 is 9.34. The minimum Gasteiger partial charge on any atom is -0.324 e. The minimum absolute atomic E-state index is 0.317. The van der Waals surface area contributed by atoms with Crippen molar-refractivity contribution in [2.75, 3.05) is 15.9 Å². The summed E-state index contributed by atoms with van der Waals surface area (Å²) in [5.74, 6) is -0.420. The highest BCUT2D eigenvalue weighted by molar-refractivity contribution is 9.10. The van der Waals surface area contributed by atoms with Gasteiger partial charge in [0.2, 0.25) is 15.9 Å². The van der Waals surface area contributed by atoms with E-state index < -0.39 is 22.0 Å². The van der Waals surface area contributed by atoms with Crippen molar-refractivity contribution in [1.29, 1.82) is 0 Å². The lowest BCUT2D eigenvalue weighted by atomic mass is 10.1. The van der Waals surface area contributed by atoms with Gasteiger partial charge in [-0.3, -0.25) is 9.10 Å². The highest BCUT2D eigenvalue weighted by Crippen LogP contribution is 2.27. The first-order chi connectivity index (χ1) is 12.1. The van der Waals surface area contributed by atoms with Gasteiger partial charge in [0.1, 0.15) is 6.04 Å². The Hall–Kier alpha value is -1.57. The summed E-state index contributed by atoms with van der Waals surface area (Å²) in [5, 5.41) is 3.20. The number of rotatable bonds is 6. The molecule has 1 amide bonds. The number of aryl methyl sites for hydroxylation is 1. The average molecular weight is 460 g/mol. The molecule has 2 rings (SSSR count). The first-order valence-electron chi connectivity index (χ1n) is 7.95. The fourth-order valence-corrected chi connectivity index (χ4v) is 4.19. The summed E-state index contributed by atoms with van der Waals surface area (Å²) in [4.78, 5) is 12.8. The number of carbonyl (C=O) groups is 1. The Labute approximate surface area is 167 Å². The molecule has 140 valence electrons. The van der Waals surface area contributed by atoms with Crippen LogP contribution in [0.25, 0.3) is 0 Å². The van der Waals surface area contributed by atoms with Gasteiger partial charge in [0.25, 0.3) is 0 Å². The molecule has 5 nitrogen and oxygen atoms in total. The van der Waals surface area contributed by atoms with E-state index in [9.17, 15) is 13.2 Å². The summed E-state index contributed by atoms with van der Waals surface area (Å²) in [5.41, 5.74) is 1.96. The van der Waals surface area contributed by atoms with Crippen molar-refractivity contribution in [2.45, 2.75) is 26.3 Å². The molecule has 0 aliphatic carbocycles. The van der Waals surface area contributed by atoms with Crippen LogP contribution < -0.4 is 9.62 Å². The predicted molar refractivity (Wildman–Crippen MR) is 110 cm³/mol. The fourth-order valence-electron chi connectivity index (χ4n) is 2.55. The van der Waals surface area contributed by atoms with Gasteiger partial charge in [0.05, 0.1) is 17.0 Å². The van der Waals surface area contributed by atoms with Gasteiger partial charge in [-0.25, -0.2) is 8.42 Å². The molecule has 0 aliphatic rings. The number of hydrogen-bond acceptors (Lipinski definition) is 3. The van der Waals surface area contributed by atoms with E-state index in [1.54, 1.807) is 37.3 Å². The quantitative estimate of drug-likeness (QED) is 0.687. The summed E-state index contributed by atoms with van der Waals surface area (Å²) < 4.78 is 26.6. The second kappa shape index (κ2) is 8.41. The molecule has 0 aliphatic heterocycles. The van der Waals surface area contributed by atoms with Crippen LogP contribution in [0.15, 0.2) is 46.9 Å². The lowest BCUT2D eigenvalue weighted by Gasteiger charge is -2.30. The van der Waals surface area contributed by atoms with E-state index in [1.165, 1.54) is 0 Å². The van der Waals surface area contributed by atoms with Crippen LogP contribution in [0.3, 0.4) is 0 Å². The smallest absolute Gasteiger partial charge is 0.248 e. The molecule has 0 aromatic heterocycles. The number of nitrogens with one attached hydrogen (secondary N) is 1. The van der Waals surface area contributed by atoms with Crippen molar-refractivity contribution in [1.82, 2.24) is 0 Å². The summed E-state index contributed by atoms with van der Waals surface area (Å²) in [7, 11) is -3.66. The zero-order valence-electron chi connectivity index (χ0n) is 14.7. The monoisotopic (exact) mass is 458 g/mol. The number of amides is 1. The van der Waals surface area contributed by atoms with Crippen LogP contribution in [0.4, 0.5) is 11.4 Å². The maximum Gasteiger partial charge on any atom is 0.248 e. The number of nitrogens with zero attached hydrogens (tertiary/aromatic N) is 1. The third-order valence-corrected chi connectivity index (χ3v) is 6.22.